The van der Waals surface area contributed by atoms with Gasteiger partial charge in [-0.3, -0.25) is 0 Å². The van der Waals surface area contributed by atoms with E-state index < -0.39 is 0 Å². The maximum absolute atomic E-state index is 12.5. The fourth-order valence-electron chi connectivity index (χ4n) is 2.70. The molecule has 0 saturated carbocycles. The average molecular weight is 365 g/mol. The van der Waals surface area contributed by atoms with Crippen molar-refractivity contribution in [2.75, 3.05) is 0 Å². The summed E-state index contributed by atoms with van der Waals surface area (Å²) in [4.78, 5) is 12.5. The van der Waals surface area contributed by atoms with Crippen LogP contribution in [-0.2, 0) is 18.3 Å². The third kappa shape index (κ3) is 3.17. The van der Waals surface area contributed by atoms with E-state index in [0.29, 0.717) is 22.3 Å². The summed E-state index contributed by atoms with van der Waals surface area (Å²) in [5, 5.41) is 1.16. The lowest BCUT2D eigenvalue weighted by molar-refractivity contribution is 0.0366. The predicted molar refractivity (Wildman–Crippen MR) is 97.0 cm³/mol. The molecule has 126 valence electrons. The molecule has 0 unspecified atom stereocenters. The van der Waals surface area contributed by atoms with Gasteiger partial charge in [0.05, 0.1) is 17.1 Å². The molecule has 0 aliphatic heterocycles. The number of rotatable bonds is 4. The van der Waals surface area contributed by atoms with Crippen molar-refractivity contribution >= 4 is 40.2 Å². The molecule has 0 radical (unpaired) electrons. The first kappa shape index (κ1) is 16.9. The molecule has 2 aromatic heterocycles. The highest BCUT2D eigenvalue weighted by Crippen LogP contribution is 2.27. The van der Waals surface area contributed by atoms with Crippen LogP contribution in [0.1, 0.15) is 29.9 Å². The fourth-order valence-corrected chi connectivity index (χ4v) is 3.17. The van der Waals surface area contributed by atoms with Gasteiger partial charge in [0, 0.05) is 29.8 Å². The van der Waals surface area contributed by atoms with Gasteiger partial charge in [-0.2, -0.15) is 0 Å². The quantitative estimate of drug-likeness (QED) is 0.617. The molecule has 2 heterocycles. The Kier molecular flexibility index (Phi) is 4.61. The summed E-state index contributed by atoms with van der Waals surface area (Å²) < 4.78 is 9.28. The summed E-state index contributed by atoms with van der Waals surface area (Å²) in [5.41, 5.74) is 3.33. The zero-order chi connectivity index (χ0) is 17.4. The minimum Gasteiger partial charge on any atom is -0.458 e. The SMILES string of the molecule is CC(C)OC(=O)c1cc2c(ccn2C)n1Cc1ccc(Cl)cc1Cl. The summed E-state index contributed by atoms with van der Waals surface area (Å²) in [6.45, 7) is 4.13. The molecule has 3 aromatic rings. The Balaban J connectivity index is 2.08. The second kappa shape index (κ2) is 6.54. The number of esters is 1. The number of carbonyl (C=O) groups is 1. The van der Waals surface area contributed by atoms with Gasteiger partial charge >= 0.3 is 5.97 Å². The minimum absolute atomic E-state index is 0.178. The van der Waals surface area contributed by atoms with Crippen LogP contribution < -0.4 is 0 Å². The van der Waals surface area contributed by atoms with Crippen molar-refractivity contribution in [2.45, 2.75) is 26.5 Å². The third-order valence-corrected chi connectivity index (χ3v) is 4.44. The van der Waals surface area contributed by atoms with E-state index in [1.165, 1.54) is 0 Å². The first-order chi connectivity index (χ1) is 11.4. The Morgan fingerprint density at radius 1 is 1.17 bits per heavy atom. The monoisotopic (exact) mass is 364 g/mol. The van der Waals surface area contributed by atoms with Crippen molar-refractivity contribution < 1.29 is 9.53 Å². The van der Waals surface area contributed by atoms with Crippen LogP contribution in [0.3, 0.4) is 0 Å². The fraction of sp³-hybridized carbons (Fsp3) is 0.278. The van der Waals surface area contributed by atoms with E-state index in [0.717, 1.165) is 16.6 Å². The number of benzene rings is 1. The molecule has 3 rings (SSSR count). The summed E-state index contributed by atoms with van der Waals surface area (Å²) in [6, 6.07) is 9.20. The number of carbonyl (C=O) groups excluding carboxylic acids is 1. The smallest absolute Gasteiger partial charge is 0.355 e. The van der Waals surface area contributed by atoms with Gasteiger partial charge in [-0.25, -0.2) is 4.79 Å². The molecule has 4 nitrogen and oxygen atoms in total. The lowest BCUT2D eigenvalue weighted by atomic mass is 10.2. The van der Waals surface area contributed by atoms with Gasteiger partial charge in [0.1, 0.15) is 5.69 Å². The highest BCUT2D eigenvalue weighted by atomic mass is 35.5. The number of aryl methyl sites for hydroxylation is 1. The van der Waals surface area contributed by atoms with E-state index in [2.05, 4.69) is 0 Å². The van der Waals surface area contributed by atoms with Crippen LogP contribution in [0.4, 0.5) is 0 Å². The van der Waals surface area contributed by atoms with E-state index in [4.69, 9.17) is 27.9 Å². The second-order valence-electron chi connectivity index (χ2n) is 6.00. The summed E-state index contributed by atoms with van der Waals surface area (Å²) in [7, 11) is 1.94. The largest absolute Gasteiger partial charge is 0.458 e. The van der Waals surface area contributed by atoms with Gasteiger partial charge < -0.3 is 13.9 Å². The minimum atomic E-state index is -0.341. The number of fused-ring (bicyclic) bond motifs is 1. The number of nitrogens with zero attached hydrogens (tertiary/aromatic N) is 2. The molecular weight excluding hydrogens is 347 g/mol. The lowest BCUT2D eigenvalue weighted by Crippen LogP contribution is -2.16. The highest BCUT2D eigenvalue weighted by Gasteiger charge is 2.20. The highest BCUT2D eigenvalue weighted by molar-refractivity contribution is 6.35. The van der Waals surface area contributed by atoms with E-state index in [9.17, 15) is 4.79 Å². The number of hydrogen-bond acceptors (Lipinski definition) is 2. The maximum Gasteiger partial charge on any atom is 0.355 e. The molecule has 24 heavy (non-hydrogen) atoms. The van der Waals surface area contributed by atoms with Crippen molar-refractivity contribution in [2.24, 2.45) is 7.05 Å². The number of ether oxygens (including phenoxy) is 1. The molecule has 0 aliphatic carbocycles. The topological polar surface area (TPSA) is 36.2 Å². The summed E-state index contributed by atoms with van der Waals surface area (Å²) >= 11 is 12.3. The molecule has 0 spiro atoms. The van der Waals surface area contributed by atoms with Crippen molar-refractivity contribution in [3.05, 3.63) is 57.8 Å². The lowest BCUT2D eigenvalue weighted by Gasteiger charge is -2.13. The van der Waals surface area contributed by atoms with Gasteiger partial charge in [-0.1, -0.05) is 29.3 Å². The molecular formula is C18H18Cl2N2O2. The Morgan fingerprint density at radius 3 is 2.58 bits per heavy atom. The zero-order valence-electron chi connectivity index (χ0n) is 13.7. The number of hydrogen-bond donors (Lipinski definition) is 0. The van der Waals surface area contributed by atoms with Gasteiger partial charge in [0.25, 0.3) is 0 Å². The van der Waals surface area contributed by atoms with Crippen LogP contribution in [0.15, 0.2) is 36.5 Å². The Morgan fingerprint density at radius 2 is 1.92 bits per heavy atom. The maximum atomic E-state index is 12.5. The molecule has 6 heteroatoms. The molecule has 0 atom stereocenters. The van der Waals surface area contributed by atoms with Crippen LogP contribution in [0.5, 0.6) is 0 Å². The molecule has 0 N–H and O–H groups in total. The number of halogens is 2. The standard InChI is InChI=1S/C18H18Cl2N2O2/c1-11(2)24-18(23)17-9-16-15(6-7-21(16)3)22(17)10-12-4-5-13(19)8-14(12)20/h4-9,11H,10H2,1-3H3. The Bertz CT molecular complexity index is 909. The molecule has 0 bridgehead atoms. The molecule has 0 fully saturated rings. The molecule has 0 amide bonds. The van der Waals surface area contributed by atoms with Gasteiger partial charge in [0.15, 0.2) is 0 Å². The zero-order valence-corrected chi connectivity index (χ0v) is 15.2. The van der Waals surface area contributed by atoms with Gasteiger partial charge in [-0.05, 0) is 43.7 Å². The van der Waals surface area contributed by atoms with Crippen LogP contribution in [0, 0.1) is 0 Å². The average Bonchev–Trinajstić information content (AvgIpc) is 3.02. The third-order valence-electron chi connectivity index (χ3n) is 3.85. The Hall–Kier alpha value is -1.91. The van der Waals surface area contributed by atoms with Crippen molar-refractivity contribution in [3.8, 4) is 0 Å². The van der Waals surface area contributed by atoms with Crippen LogP contribution in [0.25, 0.3) is 11.0 Å². The normalized spacial score (nSPS) is 11.4. The second-order valence-corrected chi connectivity index (χ2v) is 6.85. The van der Waals surface area contributed by atoms with E-state index in [1.807, 2.05) is 54.4 Å². The van der Waals surface area contributed by atoms with E-state index in [1.54, 1.807) is 12.1 Å². The van der Waals surface area contributed by atoms with Crippen molar-refractivity contribution in [3.63, 3.8) is 0 Å². The van der Waals surface area contributed by atoms with Crippen LogP contribution >= 0.6 is 23.2 Å². The van der Waals surface area contributed by atoms with Crippen LogP contribution in [0.2, 0.25) is 10.0 Å². The Labute approximate surface area is 150 Å². The van der Waals surface area contributed by atoms with E-state index in [-0.39, 0.29) is 12.1 Å². The number of aromatic nitrogens is 2. The molecule has 0 saturated heterocycles. The van der Waals surface area contributed by atoms with Crippen LogP contribution in [-0.4, -0.2) is 21.2 Å². The van der Waals surface area contributed by atoms with Gasteiger partial charge in [-0.15, -0.1) is 0 Å². The predicted octanol–water partition coefficient (Wildman–Crippen LogP) is 4.90. The van der Waals surface area contributed by atoms with E-state index >= 15 is 0 Å². The first-order valence-corrected chi connectivity index (χ1v) is 8.42. The molecule has 1 aromatic carbocycles. The molecule has 0 aliphatic rings. The van der Waals surface area contributed by atoms with Crippen molar-refractivity contribution in [1.82, 2.24) is 9.13 Å². The summed E-state index contributed by atoms with van der Waals surface area (Å²) in [6.07, 6.45) is 1.78. The van der Waals surface area contributed by atoms with Crippen molar-refractivity contribution in [1.29, 1.82) is 0 Å². The summed E-state index contributed by atoms with van der Waals surface area (Å²) in [5.74, 6) is -0.341. The first-order valence-electron chi connectivity index (χ1n) is 7.66. The van der Waals surface area contributed by atoms with Gasteiger partial charge in [0.2, 0.25) is 0 Å².